The molecular formula is C23H25N5O4. The molecule has 9 nitrogen and oxygen atoms in total. The van der Waals surface area contributed by atoms with Crippen molar-refractivity contribution in [2.24, 2.45) is 0 Å². The molecule has 1 aromatic heterocycles. The van der Waals surface area contributed by atoms with Crippen LogP contribution < -0.4 is 10.6 Å². The first-order valence-electron chi connectivity index (χ1n) is 11.1. The number of nitrogens with zero attached hydrogens (tertiary/aromatic N) is 3. The quantitative estimate of drug-likeness (QED) is 0.698. The van der Waals surface area contributed by atoms with Crippen LogP contribution in [0.2, 0.25) is 0 Å². The summed E-state index contributed by atoms with van der Waals surface area (Å²) in [6.45, 7) is 0.461. The standard InChI is InChI=1S/C23H25N5O4/c29-19-10-9-18(21(30)26-19)28-22(31)16-7-4-8-17(20(16)23(28)32)24-11-14-12-25-27(13-14)15-5-2-1-3-6-15/h4,7-8,12-13,15,18,24H,1-3,5-6,9-11H2,(H,26,29,30). The SMILES string of the molecule is O=C1CCC(N2C(=O)c3cccc(NCc4cnn(C5CCCCC5)c4)c3C2=O)C(=O)N1. The maximum absolute atomic E-state index is 13.2. The van der Waals surface area contributed by atoms with Gasteiger partial charge in [-0.2, -0.15) is 5.10 Å². The predicted molar refractivity (Wildman–Crippen MR) is 115 cm³/mol. The minimum atomic E-state index is -0.971. The smallest absolute Gasteiger partial charge is 0.264 e. The van der Waals surface area contributed by atoms with E-state index in [2.05, 4.69) is 15.7 Å². The molecule has 1 unspecified atom stereocenters. The molecule has 2 aliphatic heterocycles. The average Bonchev–Trinajstić information content (AvgIpc) is 3.37. The van der Waals surface area contributed by atoms with Gasteiger partial charge < -0.3 is 5.32 Å². The van der Waals surface area contributed by atoms with Gasteiger partial charge in [-0.25, -0.2) is 0 Å². The fourth-order valence-electron chi connectivity index (χ4n) is 4.87. The summed E-state index contributed by atoms with van der Waals surface area (Å²) >= 11 is 0. The largest absolute Gasteiger partial charge is 0.380 e. The molecular weight excluding hydrogens is 410 g/mol. The molecule has 2 aromatic rings. The lowest BCUT2D eigenvalue weighted by atomic mass is 9.96. The molecule has 5 rings (SSSR count). The second kappa shape index (κ2) is 8.22. The molecule has 32 heavy (non-hydrogen) atoms. The minimum absolute atomic E-state index is 0.0971. The predicted octanol–water partition coefficient (Wildman–Crippen LogP) is 2.40. The number of carbonyl (C=O) groups is 4. The number of nitrogens with one attached hydrogen (secondary N) is 2. The number of anilines is 1. The van der Waals surface area contributed by atoms with Gasteiger partial charge in [0.05, 0.1) is 23.4 Å². The average molecular weight is 435 g/mol. The summed E-state index contributed by atoms with van der Waals surface area (Å²) in [5, 5.41) is 9.99. The molecule has 1 saturated carbocycles. The van der Waals surface area contributed by atoms with E-state index in [0.717, 1.165) is 23.3 Å². The van der Waals surface area contributed by atoms with E-state index in [9.17, 15) is 19.2 Å². The van der Waals surface area contributed by atoms with Crippen LogP contribution in [0.15, 0.2) is 30.6 Å². The van der Waals surface area contributed by atoms with Crippen LogP contribution >= 0.6 is 0 Å². The van der Waals surface area contributed by atoms with E-state index >= 15 is 0 Å². The molecule has 1 saturated heterocycles. The highest BCUT2D eigenvalue weighted by molar-refractivity contribution is 6.25. The first-order chi connectivity index (χ1) is 15.5. The Hall–Kier alpha value is -3.49. The van der Waals surface area contributed by atoms with Crippen molar-refractivity contribution in [2.75, 3.05) is 5.32 Å². The summed E-state index contributed by atoms with van der Waals surface area (Å²) in [6.07, 6.45) is 10.1. The van der Waals surface area contributed by atoms with E-state index in [1.54, 1.807) is 18.2 Å². The molecule has 0 bridgehead atoms. The van der Waals surface area contributed by atoms with Crippen molar-refractivity contribution < 1.29 is 19.2 Å². The number of hydrogen-bond acceptors (Lipinski definition) is 6. The second-order valence-corrected chi connectivity index (χ2v) is 8.65. The first-order valence-corrected chi connectivity index (χ1v) is 11.1. The van der Waals surface area contributed by atoms with Crippen molar-refractivity contribution in [1.29, 1.82) is 0 Å². The van der Waals surface area contributed by atoms with Crippen molar-refractivity contribution in [1.82, 2.24) is 20.0 Å². The van der Waals surface area contributed by atoms with Gasteiger partial charge in [0.15, 0.2) is 0 Å². The maximum atomic E-state index is 13.2. The Morgan fingerprint density at radius 1 is 1.03 bits per heavy atom. The molecule has 3 aliphatic rings. The maximum Gasteiger partial charge on any atom is 0.264 e. The number of amides is 4. The van der Waals surface area contributed by atoms with Gasteiger partial charge in [0, 0.05) is 30.4 Å². The normalized spacial score (nSPS) is 21.6. The van der Waals surface area contributed by atoms with Gasteiger partial charge in [-0.3, -0.25) is 34.1 Å². The molecule has 166 valence electrons. The van der Waals surface area contributed by atoms with E-state index in [1.165, 1.54) is 19.3 Å². The zero-order chi connectivity index (χ0) is 22.2. The van der Waals surface area contributed by atoms with E-state index in [-0.39, 0.29) is 29.9 Å². The molecule has 0 radical (unpaired) electrons. The molecule has 1 atom stereocenters. The number of fused-ring (bicyclic) bond motifs is 1. The number of hydrogen-bond donors (Lipinski definition) is 2. The van der Waals surface area contributed by atoms with Crippen LogP contribution in [0, 0.1) is 0 Å². The van der Waals surface area contributed by atoms with Crippen LogP contribution in [0.25, 0.3) is 0 Å². The molecule has 0 spiro atoms. The number of piperidine rings is 1. The first kappa shape index (κ1) is 20.4. The number of rotatable bonds is 5. The fraction of sp³-hybridized carbons (Fsp3) is 0.435. The number of imide groups is 2. The van der Waals surface area contributed by atoms with Crippen LogP contribution in [-0.4, -0.2) is 44.4 Å². The van der Waals surface area contributed by atoms with Gasteiger partial charge in [0.2, 0.25) is 11.8 Å². The summed E-state index contributed by atoms with van der Waals surface area (Å²) < 4.78 is 2.03. The van der Waals surface area contributed by atoms with Gasteiger partial charge in [0.1, 0.15) is 6.04 Å². The lowest BCUT2D eigenvalue weighted by molar-refractivity contribution is -0.136. The number of carbonyl (C=O) groups excluding carboxylic acids is 4. The van der Waals surface area contributed by atoms with E-state index in [4.69, 9.17) is 0 Å². The van der Waals surface area contributed by atoms with Gasteiger partial charge >= 0.3 is 0 Å². The lowest BCUT2D eigenvalue weighted by Gasteiger charge is -2.27. The van der Waals surface area contributed by atoms with Crippen LogP contribution in [0.1, 0.15) is 77.3 Å². The Morgan fingerprint density at radius 3 is 2.62 bits per heavy atom. The summed E-state index contributed by atoms with van der Waals surface area (Å²) in [6, 6.07) is 4.53. The molecule has 1 aliphatic carbocycles. The Balaban J connectivity index is 1.33. The molecule has 4 amide bonds. The zero-order valence-corrected chi connectivity index (χ0v) is 17.7. The molecule has 3 heterocycles. The Bertz CT molecular complexity index is 1100. The Morgan fingerprint density at radius 2 is 1.84 bits per heavy atom. The van der Waals surface area contributed by atoms with Crippen LogP contribution in [-0.2, 0) is 16.1 Å². The summed E-state index contributed by atoms with van der Waals surface area (Å²) in [7, 11) is 0. The van der Waals surface area contributed by atoms with Crippen LogP contribution in [0.5, 0.6) is 0 Å². The summed E-state index contributed by atoms with van der Waals surface area (Å²) in [4.78, 5) is 50.8. The van der Waals surface area contributed by atoms with Gasteiger partial charge in [-0.05, 0) is 31.4 Å². The Kier molecular flexibility index (Phi) is 5.24. The number of aromatic nitrogens is 2. The third-order valence-electron chi connectivity index (χ3n) is 6.55. The van der Waals surface area contributed by atoms with Crippen molar-refractivity contribution in [3.8, 4) is 0 Å². The third kappa shape index (κ3) is 3.57. The van der Waals surface area contributed by atoms with E-state index < -0.39 is 23.8 Å². The molecule has 9 heteroatoms. The lowest BCUT2D eigenvalue weighted by Crippen LogP contribution is -2.54. The second-order valence-electron chi connectivity index (χ2n) is 8.65. The van der Waals surface area contributed by atoms with Crippen molar-refractivity contribution in [3.05, 3.63) is 47.3 Å². The highest BCUT2D eigenvalue weighted by Gasteiger charge is 2.45. The number of benzene rings is 1. The molecule has 2 N–H and O–H groups in total. The van der Waals surface area contributed by atoms with E-state index in [0.29, 0.717) is 18.3 Å². The highest BCUT2D eigenvalue weighted by Crippen LogP contribution is 2.33. The third-order valence-corrected chi connectivity index (χ3v) is 6.55. The monoisotopic (exact) mass is 435 g/mol. The Labute approximate surface area is 185 Å². The van der Waals surface area contributed by atoms with Gasteiger partial charge in [0.25, 0.3) is 11.8 Å². The van der Waals surface area contributed by atoms with Crippen molar-refractivity contribution >= 4 is 29.3 Å². The zero-order valence-electron chi connectivity index (χ0n) is 17.7. The van der Waals surface area contributed by atoms with E-state index in [1.807, 2.05) is 17.1 Å². The van der Waals surface area contributed by atoms with Gasteiger partial charge in [-0.1, -0.05) is 25.3 Å². The summed E-state index contributed by atoms with van der Waals surface area (Å²) in [5.74, 6) is -2.02. The van der Waals surface area contributed by atoms with Crippen molar-refractivity contribution in [2.45, 2.75) is 63.6 Å². The minimum Gasteiger partial charge on any atom is -0.380 e. The van der Waals surface area contributed by atoms with Crippen LogP contribution in [0.4, 0.5) is 5.69 Å². The molecule has 1 aromatic carbocycles. The highest BCUT2D eigenvalue weighted by atomic mass is 16.2. The molecule has 2 fully saturated rings. The summed E-state index contributed by atoms with van der Waals surface area (Å²) in [5.41, 5.74) is 2.07. The van der Waals surface area contributed by atoms with Crippen LogP contribution in [0.3, 0.4) is 0 Å². The fourth-order valence-corrected chi connectivity index (χ4v) is 4.87. The van der Waals surface area contributed by atoms with Crippen molar-refractivity contribution in [3.63, 3.8) is 0 Å². The topological polar surface area (TPSA) is 113 Å². The van der Waals surface area contributed by atoms with Gasteiger partial charge in [-0.15, -0.1) is 0 Å².